The Labute approximate surface area is 148 Å². The SMILES string of the molecule is CC(C(=O)N1CCCC(n2cncn2)C1)C(N)c1ccccc1.Cl. The molecule has 1 amide bonds. The molecule has 3 atom stereocenters. The lowest BCUT2D eigenvalue weighted by Crippen LogP contribution is -2.45. The van der Waals surface area contributed by atoms with Crippen LogP contribution in [0.4, 0.5) is 0 Å². The Hall–Kier alpha value is -1.92. The molecule has 7 heteroatoms. The summed E-state index contributed by atoms with van der Waals surface area (Å²) in [5.41, 5.74) is 7.30. The number of aromatic nitrogens is 3. The van der Waals surface area contributed by atoms with Gasteiger partial charge < -0.3 is 10.6 Å². The summed E-state index contributed by atoms with van der Waals surface area (Å²) in [5, 5.41) is 4.20. The summed E-state index contributed by atoms with van der Waals surface area (Å²) in [5.74, 6) is -0.127. The fourth-order valence-corrected chi connectivity index (χ4v) is 3.18. The predicted octanol–water partition coefficient (Wildman–Crippen LogP) is 2.20. The first-order valence-electron chi connectivity index (χ1n) is 8.10. The van der Waals surface area contributed by atoms with Crippen LogP contribution < -0.4 is 5.73 Å². The van der Waals surface area contributed by atoms with Gasteiger partial charge in [-0.2, -0.15) is 5.10 Å². The van der Waals surface area contributed by atoms with Gasteiger partial charge in [0, 0.05) is 19.1 Å². The van der Waals surface area contributed by atoms with Crippen LogP contribution in [0, 0.1) is 5.92 Å². The molecule has 2 heterocycles. The highest BCUT2D eigenvalue weighted by Gasteiger charge is 2.30. The molecule has 2 N–H and O–H groups in total. The molecule has 130 valence electrons. The molecule has 1 fully saturated rings. The van der Waals surface area contributed by atoms with E-state index < -0.39 is 0 Å². The van der Waals surface area contributed by atoms with Crippen LogP contribution in [-0.4, -0.2) is 38.7 Å². The summed E-state index contributed by atoms with van der Waals surface area (Å²) in [6, 6.07) is 9.73. The van der Waals surface area contributed by atoms with Crippen molar-refractivity contribution in [1.29, 1.82) is 0 Å². The van der Waals surface area contributed by atoms with Crippen molar-refractivity contribution in [3.63, 3.8) is 0 Å². The highest BCUT2D eigenvalue weighted by molar-refractivity contribution is 5.85. The van der Waals surface area contributed by atoms with E-state index in [-0.39, 0.29) is 36.3 Å². The summed E-state index contributed by atoms with van der Waals surface area (Å²) in [6.45, 7) is 3.38. The minimum absolute atomic E-state index is 0. The first-order valence-corrected chi connectivity index (χ1v) is 8.10. The number of hydrogen-bond acceptors (Lipinski definition) is 4. The molecular weight excluding hydrogens is 326 g/mol. The van der Waals surface area contributed by atoms with Crippen molar-refractivity contribution in [2.45, 2.75) is 31.8 Å². The fourth-order valence-electron chi connectivity index (χ4n) is 3.18. The lowest BCUT2D eigenvalue weighted by atomic mass is 9.93. The quantitative estimate of drug-likeness (QED) is 0.918. The van der Waals surface area contributed by atoms with Crippen molar-refractivity contribution in [2.24, 2.45) is 11.7 Å². The minimum Gasteiger partial charge on any atom is -0.340 e. The zero-order valence-corrected chi connectivity index (χ0v) is 14.6. The molecule has 0 spiro atoms. The number of carbonyl (C=O) groups is 1. The number of carbonyl (C=O) groups excluding carboxylic acids is 1. The van der Waals surface area contributed by atoms with Gasteiger partial charge in [0.25, 0.3) is 0 Å². The van der Waals surface area contributed by atoms with Gasteiger partial charge >= 0.3 is 0 Å². The molecule has 6 nitrogen and oxygen atoms in total. The molecule has 1 aliphatic heterocycles. The van der Waals surface area contributed by atoms with E-state index >= 15 is 0 Å². The Bertz CT molecular complexity index is 634. The molecular formula is C17H24ClN5O. The van der Waals surface area contributed by atoms with Crippen molar-refractivity contribution >= 4 is 18.3 Å². The molecule has 3 unspecified atom stereocenters. The largest absolute Gasteiger partial charge is 0.340 e. The average molecular weight is 350 g/mol. The van der Waals surface area contributed by atoms with E-state index in [0.29, 0.717) is 6.54 Å². The molecule has 1 aliphatic rings. The van der Waals surface area contributed by atoms with Gasteiger partial charge in [-0.1, -0.05) is 37.3 Å². The van der Waals surface area contributed by atoms with Crippen molar-refractivity contribution in [2.75, 3.05) is 13.1 Å². The maximum absolute atomic E-state index is 12.8. The fraction of sp³-hybridized carbons (Fsp3) is 0.471. The van der Waals surface area contributed by atoms with E-state index in [1.54, 1.807) is 6.33 Å². The lowest BCUT2D eigenvalue weighted by Gasteiger charge is -2.35. The van der Waals surface area contributed by atoms with Crippen LogP contribution in [0.1, 0.15) is 37.4 Å². The van der Waals surface area contributed by atoms with Crippen LogP contribution in [0.3, 0.4) is 0 Å². The van der Waals surface area contributed by atoms with Gasteiger partial charge in [0.05, 0.1) is 12.0 Å². The molecule has 24 heavy (non-hydrogen) atoms. The van der Waals surface area contributed by atoms with Crippen LogP contribution in [0.5, 0.6) is 0 Å². The maximum Gasteiger partial charge on any atom is 0.227 e. The summed E-state index contributed by atoms with van der Waals surface area (Å²) < 4.78 is 1.85. The molecule has 1 aromatic heterocycles. The molecule has 3 rings (SSSR count). The molecule has 0 aliphatic carbocycles. The summed E-state index contributed by atoms with van der Waals surface area (Å²) in [6.07, 6.45) is 5.25. The first-order chi connectivity index (χ1) is 11.2. The van der Waals surface area contributed by atoms with Gasteiger partial charge in [-0.15, -0.1) is 12.4 Å². The van der Waals surface area contributed by atoms with Crippen molar-refractivity contribution in [1.82, 2.24) is 19.7 Å². The minimum atomic E-state index is -0.282. The zero-order valence-electron chi connectivity index (χ0n) is 13.8. The second kappa shape index (κ2) is 8.26. The third kappa shape index (κ3) is 3.94. The van der Waals surface area contributed by atoms with Crippen LogP contribution in [-0.2, 0) is 4.79 Å². The molecule has 1 aromatic carbocycles. The summed E-state index contributed by atoms with van der Waals surface area (Å²) in [7, 11) is 0. The van der Waals surface area contributed by atoms with E-state index in [1.165, 1.54) is 6.33 Å². The average Bonchev–Trinajstić information content (AvgIpc) is 3.15. The molecule has 0 saturated carbocycles. The van der Waals surface area contributed by atoms with Crippen molar-refractivity contribution < 1.29 is 4.79 Å². The van der Waals surface area contributed by atoms with E-state index in [2.05, 4.69) is 10.1 Å². The second-order valence-electron chi connectivity index (χ2n) is 6.18. The number of rotatable bonds is 4. The van der Waals surface area contributed by atoms with Gasteiger partial charge in [-0.3, -0.25) is 4.79 Å². The van der Waals surface area contributed by atoms with Crippen LogP contribution >= 0.6 is 12.4 Å². The van der Waals surface area contributed by atoms with Gasteiger partial charge in [-0.05, 0) is 18.4 Å². The lowest BCUT2D eigenvalue weighted by molar-refractivity contribution is -0.137. The topological polar surface area (TPSA) is 77.0 Å². The number of hydrogen-bond donors (Lipinski definition) is 1. The number of piperidine rings is 1. The number of benzene rings is 1. The van der Waals surface area contributed by atoms with Gasteiger partial charge in [0.15, 0.2) is 0 Å². The Kier molecular flexibility index (Phi) is 6.34. The Morgan fingerprint density at radius 1 is 1.33 bits per heavy atom. The normalized spacial score (nSPS) is 20.1. The van der Waals surface area contributed by atoms with E-state index in [9.17, 15) is 4.79 Å². The summed E-state index contributed by atoms with van der Waals surface area (Å²) >= 11 is 0. The number of nitrogens with two attached hydrogens (primary N) is 1. The van der Waals surface area contributed by atoms with E-state index in [1.807, 2.05) is 46.8 Å². The highest BCUT2D eigenvalue weighted by atomic mass is 35.5. The second-order valence-corrected chi connectivity index (χ2v) is 6.18. The van der Waals surface area contributed by atoms with Crippen LogP contribution in [0.2, 0.25) is 0 Å². The highest BCUT2D eigenvalue weighted by Crippen LogP contribution is 2.25. The Morgan fingerprint density at radius 2 is 2.08 bits per heavy atom. The van der Waals surface area contributed by atoms with Crippen LogP contribution in [0.25, 0.3) is 0 Å². The predicted molar refractivity (Wildman–Crippen MR) is 94.7 cm³/mol. The summed E-state index contributed by atoms with van der Waals surface area (Å²) in [4.78, 5) is 18.7. The Balaban J connectivity index is 0.00000208. The number of amides is 1. The number of likely N-dealkylation sites (tertiary alicyclic amines) is 1. The smallest absolute Gasteiger partial charge is 0.227 e. The third-order valence-electron chi connectivity index (χ3n) is 4.63. The molecule has 0 radical (unpaired) electrons. The molecule has 1 saturated heterocycles. The number of halogens is 1. The number of nitrogens with zero attached hydrogens (tertiary/aromatic N) is 4. The van der Waals surface area contributed by atoms with E-state index in [0.717, 1.165) is 24.9 Å². The zero-order chi connectivity index (χ0) is 16.2. The monoisotopic (exact) mass is 349 g/mol. The van der Waals surface area contributed by atoms with Gasteiger partial charge in [0.1, 0.15) is 12.7 Å². The first kappa shape index (κ1) is 18.4. The van der Waals surface area contributed by atoms with Crippen molar-refractivity contribution in [3.05, 3.63) is 48.5 Å². The standard InChI is InChI=1S/C17H23N5O.ClH/c1-13(16(18)14-6-3-2-4-7-14)17(23)21-9-5-8-15(10-21)22-12-19-11-20-22;/h2-4,6-7,11-13,15-16H,5,8-10,18H2,1H3;1H. The van der Waals surface area contributed by atoms with Gasteiger partial charge in [0.2, 0.25) is 5.91 Å². The van der Waals surface area contributed by atoms with Crippen molar-refractivity contribution in [3.8, 4) is 0 Å². The van der Waals surface area contributed by atoms with Gasteiger partial charge in [-0.25, -0.2) is 9.67 Å². The third-order valence-corrected chi connectivity index (χ3v) is 4.63. The van der Waals surface area contributed by atoms with E-state index in [4.69, 9.17) is 5.73 Å². The molecule has 0 bridgehead atoms. The molecule has 2 aromatic rings. The Morgan fingerprint density at radius 3 is 2.75 bits per heavy atom. The van der Waals surface area contributed by atoms with Crippen LogP contribution in [0.15, 0.2) is 43.0 Å². The maximum atomic E-state index is 12.8.